The monoisotopic (exact) mass is 563 g/mol. The van der Waals surface area contributed by atoms with Crippen LogP contribution in [-0.2, 0) is 32.6 Å². The number of amides is 2. The van der Waals surface area contributed by atoms with Gasteiger partial charge < -0.3 is 10.2 Å². The van der Waals surface area contributed by atoms with Crippen molar-refractivity contribution in [3.8, 4) is 0 Å². The summed E-state index contributed by atoms with van der Waals surface area (Å²) >= 11 is 0. The van der Waals surface area contributed by atoms with Gasteiger partial charge in [-0.2, -0.15) is 0 Å². The summed E-state index contributed by atoms with van der Waals surface area (Å²) in [7, 11) is -4.09. The summed E-state index contributed by atoms with van der Waals surface area (Å²) in [4.78, 5) is 28.8. The predicted molar refractivity (Wildman–Crippen MR) is 161 cm³/mol. The highest BCUT2D eigenvalue weighted by atomic mass is 32.2. The molecule has 0 aliphatic rings. The first kappa shape index (κ1) is 30.9. The molecule has 0 aliphatic heterocycles. The SMILES string of the molecule is CCc1ccccc1N(CC(=O)N(Cc1ccc(C)cc1)[C@@H](C)C(=O)N[C@H](C)CC)S(=O)(=O)c1ccc(C)cc1. The molecule has 7 nitrogen and oxygen atoms in total. The fourth-order valence-electron chi connectivity index (χ4n) is 4.34. The van der Waals surface area contributed by atoms with Gasteiger partial charge in [0.2, 0.25) is 11.8 Å². The number of hydrogen-bond donors (Lipinski definition) is 1. The lowest BCUT2D eigenvalue weighted by atomic mass is 10.1. The van der Waals surface area contributed by atoms with E-state index in [1.807, 2.05) is 71.0 Å². The molecule has 0 spiro atoms. The molecule has 8 heteroatoms. The Bertz CT molecular complexity index is 1400. The summed E-state index contributed by atoms with van der Waals surface area (Å²) in [6.45, 7) is 11.1. The van der Waals surface area contributed by atoms with Gasteiger partial charge in [-0.15, -0.1) is 0 Å². The average molecular weight is 564 g/mol. The summed E-state index contributed by atoms with van der Waals surface area (Å²) in [5.74, 6) is -0.745. The molecule has 0 saturated heterocycles. The van der Waals surface area contributed by atoms with Crippen molar-refractivity contribution in [1.29, 1.82) is 0 Å². The van der Waals surface area contributed by atoms with Gasteiger partial charge in [-0.3, -0.25) is 13.9 Å². The van der Waals surface area contributed by atoms with E-state index in [4.69, 9.17) is 0 Å². The van der Waals surface area contributed by atoms with E-state index in [9.17, 15) is 18.0 Å². The van der Waals surface area contributed by atoms with Crippen LogP contribution in [0.1, 0.15) is 56.4 Å². The highest BCUT2D eigenvalue weighted by Crippen LogP contribution is 2.28. The van der Waals surface area contributed by atoms with E-state index in [-0.39, 0.29) is 23.4 Å². The van der Waals surface area contributed by atoms with Crippen LogP contribution in [0, 0.1) is 13.8 Å². The van der Waals surface area contributed by atoms with Gasteiger partial charge in [-0.05, 0) is 69.9 Å². The molecule has 1 N–H and O–H groups in total. The largest absolute Gasteiger partial charge is 0.352 e. The fourth-order valence-corrected chi connectivity index (χ4v) is 5.79. The molecule has 0 aromatic heterocycles. The summed E-state index contributed by atoms with van der Waals surface area (Å²) < 4.78 is 29.2. The molecule has 3 aromatic rings. The maximum atomic E-state index is 14.1. The van der Waals surface area contributed by atoms with Crippen LogP contribution in [-0.4, -0.2) is 43.8 Å². The Morgan fingerprint density at radius 2 is 1.43 bits per heavy atom. The van der Waals surface area contributed by atoms with Gasteiger partial charge in [0.1, 0.15) is 12.6 Å². The minimum Gasteiger partial charge on any atom is -0.352 e. The van der Waals surface area contributed by atoms with E-state index >= 15 is 0 Å². The van der Waals surface area contributed by atoms with E-state index in [2.05, 4.69) is 5.32 Å². The molecule has 0 unspecified atom stereocenters. The van der Waals surface area contributed by atoms with Gasteiger partial charge in [0.25, 0.3) is 10.0 Å². The molecule has 0 radical (unpaired) electrons. The molecule has 3 aromatic carbocycles. The third kappa shape index (κ3) is 7.50. The second kappa shape index (κ2) is 13.6. The Balaban J connectivity index is 2.06. The molecule has 3 rings (SSSR count). The molecular weight excluding hydrogens is 522 g/mol. The highest BCUT2D eigenvalue weighted by Gasteiger charge is 2.33. The van der Waals surface area contributed by atoms with Crippen LogP contribution in [0.3, 0.4) is 0 Å². The van der Waals surface area contributed by atoms with Crippen molar-refractivity contribution in [1.82, 2.24) is 10.2 Å². The van der Waals surface area contributed by atoms with Crippen LogP contribution < -0.4 is 9.62 Å². The number of carbonyl (C=O) groups is 2. The first-order valence-electron chi connectivity index (χ1n) is 13.8. The number of nitrogens with zero attached hydrogens (tertiary/aromatic N) is 2. The van der Waals surface area contributed by atoms with Crippen LogP contribution in [0.5, 0.6) is 0 Å². The minimum atomic E-state index is -4.09. The lowest BCUT2D eigenvalue weighted by molar-refractivity contribution is -0.139. The fraction of sp³-hybridized carbons (Fsp3) is 0.375. The molecule has 0 saturated carbocycles. The first-order chi connectivity index (χ1) is 19.0. The van der Waals surface area contributed by atoms with Gasteiger partial charge in [-0.1, -0.05) is 79.6 Å². The number of anilines is 1. The Morgan fingerprint density at radius 1 is 0.850 bits per heavy atom. The van der Waals surface area contributed by atoms with Crippen LogP contribution in [0.25, 0.3) is 0 Å². The minimum absolute atomic E-state index is 0.0545. The maximum absolute atomic E-state index is 14.1. The van der Waals surface area contributed by atoms with Crippen molar-refractivity contribution >= 4 is 27.5 Å². The van der Waals surface area contributed by atoms with Crippen molar-refractivity contribution in [2.45, 2.75) is 77.9 Å². The highest BCUT2D eigenvalue weighted by molar-refractivity contribution is 7.92. The standard InChI is InChI=1S/C32H41N3O4S/c1-7-25(5)33-32(37)26(6)34(21-27-17-13-23(3)14-18-27)31(36)22-35(30-12-10-9-11-28(30)8-2)40(38,39)29-19-15-24(4)16-20-29/h9-20,25-26H,7-8,21-22H2,1-6H3,(H,33,37)/t25-,26+/m1/s1. The topological polar surface area (TPSA) is 86.8 Å². The van der Waals surface area contributed by atoms with Crippen LogP contribution in [0.4, 0.5) is 5.69 Å². The van der Waals surface area contributed by atoms with Gasteiger partial charge in [0.05, 0.1) is 10.6 Å². The lowest BCUT2D eigenvalue weighted by Gasteiger charge is -2.33. The number of nitrogens with one attached hydrogen (secondary N) is 1. The lowest BCUT2D eigenvalue weighted by Crippen LogP contribution is -2.52. The third-order valence-electron chi connectivity index (χ3n) is 7.17. The Hall–Kier alpha value is -3.65. The van der Waals surface area contributed by atoms with E-state index in [1.165, 1.54) is 9.21 Å². The van der Waals surface area contributed by atoms with Crippen molar-refractivity contribution in [3.05, 3.63) is 95.1 Å². The summed E-state index contributed by atoms with van der Waals surface area (Å²) in [5.41, 5.74) is 4.12. The van der Waals surface area contributed by atoms with E-state index in [0.717, 1.165) is 28.7 Å². The number of para-hydroxylation sites is 1. The number of aryl methyl sites for hydroxylation is 3. The van der Waals surface area contributed by atoms with E-state index in [1.54, 1.807) is 43.3 Å². The van der Waals surface area contributed by atoms with Gasteiger partial charge in [0, 0.05) is 12.6 Å². The summed E-state index contributed by atoms with van der Waals surface area (Å²) in [6.07, 6.45) is 1.34. The van der Waals surface area contributed by atoms with Crippen molar-refractivity contribution in [2.24, 2.45) is 0 Å². The van der Waals surface area contributed by atoms with Crippen molar-refractivity contribution < 1.29 is 18.0 Å². The van der Waals surface area contributed by atoms with Gasteiger partial charge in [0.15, 0.2) is 0 Å². The van der Waals surface area contributed by atoms with E-state index in [0.29, 0.717) is 12.1 Å². The number of carbonyl (C=O) groups excluding carboxylic acids is 2. The maximum Gasteiger partial charge on any atom is 0.264 e. The molecule has 214 valence electrons. The zero-order valence-electron chi connectivity index (χ0n) is 24.3. The van der Waals surface area contributed by atoms with Crippen LogP contribution in [0.2, 0.25) is 0 Å². The summed E-state index contributed by atoms with van der Waals surface area (Å²) in [6, 6.07) is 20.7. The van der Waals surface area contributed by atoms with Gasteiger partial charge >= 0.3 is 0 Å². The van der Waals surface area contributed by atoms with Crippen molar-refractivity contribution in [3.63, 3.8) is 0 Å². The van der Waals surface area contributed by atoms with E-state index < -0.39 is 28.5 Å². The smallest absolute Gasteiger partial charge is 0.264 e. The third-order valence-corrected chi connectivity index (χ3v) is 8.94. The molecule has 0 aliphatic carbocycles. The predicted octanol–water partition coefficient (Wildman–Crippen LogP) is 5.39. The number of rotatable bonds is 12. The molecule has 2 amide bonds. The molecule has 0 fully saturated rings. The zero-order chi connectivity index (χ0) is 29.4. The molecular formula is C32H41N3O4S. The van der Waals surface area contributed by atoms with Crippen LogP contribution >= 0.6 is 0 Å². The van der Waals surface area contributed by atoms with Crippen LogP contribution in [0.15, 0.2) is 77.7 Å². The quantitative estimate of drug-likeness (QED) is 0.320. The van der Waals surface area contributed by atoms with Gasteiger partial charge in [-0.25, -0.2) is 8.42 Å². The average Bonchev–Trinajstić information content (AvgIpc) is 2.95. The second-order valence-corrected chi connectivity index (χ2v) is 12.2. The molecule has 40 heavy (non-hydrogen) atoms. The number of hydrogen-bond acceptors (Lipinski definition) is 4. The first-order valence-corrected chi connectivity index (χ1v) is 15.2. The number of benzene rings is 3. The normalized spacial score (nSPS) is 12.8. The Labute approximate surface area is 239 Å². The molecule has 2 atom stereocenters. The Kier molecular flexibility index (Phi) is 10.5. The second-order valence-electron chi connectivity index (χ2n) is 10.3. The Morgan fingerprint density at radius 3 is 2.00 bits per heavy atom. The van der Waals surface area contributed by atoms with Crippen molar-refractivity contribution in [2.75, 3.05) is 10.8 Å². The molecule has 0 heterocycles. The number of sulfonamides is 1. The summed E-state index contributed by atoms with van der Waals surface area (Å²) in [5, 5.41) is 2.96. The molecule has 0 bridgehead atoms. The zero-order valence-corrected chi connectivity index (χ0v) is 25.2.